The molecule has 0 bridgehead atoms. The average Bonchev–Trinajstić information content (AvgIpc) is 2.33. The Bertz CT molecular complexity index is 185. The van der Waals surface area contributed by atoms with Gasteiger partial charge in [-0.1, -0.05) is 40.0 Å². The quantitative estimate of drug-likeness (QED) is 0.661. The molecule has 0 radical (unpaired) electrons. The van der Waals surface area contributed by atoms with Gasteiger partial charge in [-0.25, -0.2) is 0 Å². The molecule has 17 heavy (non-hydrogen) atoms. The van der Waals surface area contributed by atoms with Gasteiger partial charge in [0.2, 0.25) is 0 Å². The van der Waals surface area contributed by atoms with Crippen LogP contribution in [0.4, 0.5) is 0 Å². The van der Waals surface area contributed by atoms with Crippen LogP contribution in [0.25, 0.3) is 0 Å². The van der Waals surface area contributed by atoms with Crippen LogP contribution in [-0.2, 0) is 4.74 Å². The summed E-state index contributed by atoms with van der Waals surface area (Å²) in [6.07, 6.45) is 5.41. The molecule has 0 aromatic carbocycles. The molecule has 1 atom stereocenters. The second kappa shape index (κ2) is 8.90. The molecular formula is C14H30N2O. The molecular weight excluding hydrogens is 212 g/mol. The van der Waals surface area contributed by atoms with E-state index in [0.29, 0.717) is 12.1 Å². The van der Waals surface area contributed by atoms with E-state index in [1.54, 1.807) is 0 Å². The van der Waals surface area contributed by atoms with E-state index >= 15 is 0 Å². The summed E-state index contributed by atoms with van der Waals surface area (Å²) < 4.78 is 5.59. The highest BCUT2D eigenvalue weighted by molar-refractivity contribution is 4.78. The molecule has 0 aromatic heterocycles. The lowest BCUT2D eigenvalue weighted by Crippen LogP contribution is -2.51. The Labute approximate surface area is 107 Å². The van der Waals surface area contributed by atoms with Crippen LogP contribution in [0.5, 0.6) is 0 Å². The van der Waals surface area contributed by atoms with Crippen LogP contribution in [0.15, 0.2) is 0 Å². The largest absolute Gasteiger partial charge is 0.378 e. The van der Waals surface area contributed by atoms with Gasteiger partial charge in [0, 0.05) is 25.2 Å². The molecule has 1 fully saturated rings. The van der Waals surface area contributed by atoms with E-state index in [1.807, 2.05) is 0 Å². The maximum absolute atomic E-state index is 5.59. The molecule has 0 saturated carbocycles. The smallest absolute Gasteiger partial charge is 0.0634 e. The van der Waals surface area contributed by atoms with Crippen LogP contribution in [0, 0.1) is 0 Å². The first kappa shape index (κ1) is 14.9. The fourth-order valence-corrected chi connectivity index (χ4v) is 2.28. The van der Waals surface area contributed by atoms with E-state index in [1.165, 1.54) is 32.2 Å². The molecule has 1 rings (SSSR count). The zero-order chi connectivity index (χ0) is 12.5. The minimum Gasteiger partial charge on any atom is -0.378 e. The van der Waals surface area contributed by atoms with E-state index in [2.05, 4.69) is 31.0 Å². The summed E-state index contributed by atoms with van der Waals surface area (Å²) in [5, 5.41) is 3.53. The number of hydrogen-bond acceptors (Lipinski definition) is 3. The first-order chi connectivity index (χ1) is 8.24. The van der Waals surface area contributed by atoms with Crippen molar-refractivity contribution < 1.29 is 4.74 Å². The lowest BCUT2D eigenvalue weighted by Gasteiger charge is -2.36. The third-order valence-electron chi connectivity index (χ3n) is 3.41. The van der Waals surface area contributed by atoms with Gasteiger partial charge >= 0.3 is 0 Å². The Morgan fingerprint density at radius 2 is 2.12 bits per heavy atom. The van der Waals surface area contributed by atoms with Gasteiger partial charge in [0.05, 0.1) is 13.2 Å². The molecule has 0 aliphatic carbocycles. The van der Waals surface area contributed by atoms with E-state index < -0.39 is 0 Å². The lowest BCUT2D eigenvalue weighted by molar-refractivity contribution is -0.00796. The molecule has 1 unspecified atom stereocenters. The third-order valence-corrected chi connectivity index (χ3v) is 3.41. The van der Waals surface area contributed by atoms with Gasteiger partial charge in [0.15, 0.2) is 0 Å². The number of rotatable bonds is 8. The summed E-state index contributed by atoms with van der Waals surface area (Å²) in [5.74, 6) is 0. The third kappa shape index (κ3) is 6.39. The molecule has 1 saturated heterocycles. The van der Waals surface area contributed by atoms with E-state index in [4.69, 9.17) is 4.74 Å². The van der Waals surface area contributed by atoms with Crippen LogP contribution in [-0.4, -0.2) is 49.8 Å². The number of ether oxygens (including phenoxy) is 1. The van der Waals surface area contributed by atoms with Crippen LogP contribution in [0.2, 0.25) is 0 Å². The van der Waals surface area contributed by atoms with Crippen molar-refractivity contribution in [2.45, 2.75) is 58.5 Å². The molecule has 3 nitrogen and oxygen atoms in total. The number of hydrogen-bond donors (Lipinski definition) is 1. The van der Waals surface area contributed by atoms with Gasteiger partial charge in [-0.2, -0.15) is 0 Å². The summed E-state index contributed by atoms with van der Waals surface area (Å²) in [5.41, 5.74) is 0. The Morgan fingerprint density at radius 3 is 2.82 bits per heavy atom. The summed E-state index contributed by atoms with van der Waals surface area (Å²) in [7, 11) is 0. The van der Waals surface area contributed by atoms with Crippen molar-refractivity contribution in [3.8, 4) is 0 Å². The molecule has 102 valence electrons. The summed E-state index contributed by atoms with van der Waals surface area (Å²) in [6, 6.07) is 1.15. The van der Waals surface area contributed by atoms with Crippen molar-refractivity contribution in [1.29, 1.82) is 0 Å². The molecule has 0 spiro atoms. The SMILES string of the molecule is CCCCCCN1CCOCC1CNC(C)C. The zero-order valence-corrected chi connectivity index (χ0v) is 11.9. The molecule has 1 heterocycles. The van der Waals surface area contributed by atoms with Crippen LogP contribution in [0.3, 0.4) is 0 Å². The molecule has 1 aliphatic rings. The van der Waals surface area contributed by atoms with Crippen LogP contribution < -0.4 is 5.32 Å². The summed E-state index contributed by atoms with van der Waals surface area (Å²) in [6.45, 7) is 11.9. The molecule has 3 heteroatoms. The lowest BCUT2D eigenvalue weighted by atomic mass is 10.1. The van der Waals surface area contributed by atoms with Crippen LogP contribution >= 0.6 is 0 Å². The number of morpholine rings is 1. The van der Waals surface area contributed by atoms with E-state index in [-0.39, 0.29) is 0 Å². The molecule has 0 amide bonds. The highest BCUT2D eigenvalue weighted by Gasteiger charge is 2.22. The fraction of sp³-hybridized carbons (Fsp3) is 1.00. The van der Waals surface area contributed by atoms with Crippen molar-refractivity contribution in [2.75, 3.05) is 32.8 Å². The van der Waals surface area contributed by atoms with Crippen molar-refractivity contribution in [3.05, 3.63) is 0 Å². The Morgan fingerprint density at radius 1 is 1.29 bits per heavy atom. The van der Waals surface area contributed by atoms with Crippen molar-refractivity contribution in [2.24, 2.45) is 0 Å². The molecule has 1 aliphatic heterocycles. The minimum atomic E-state index is 0.568. The van der Waals surface area contributed by atoms with Gasteiger partial charge in [0.25, 0.3) is 0 Å². The fourth-order valence-electron chi connectivity index (χ4n) is 2.28. The average molecular weight is 242 g/mol. The Kier molecular flexibility index (Phi) is 7.82. The van der Waals surface area contributed by atoms with Gasteiger partial charge in [-0.15, -0.1) is 0 Å². The standard InChI is InChI=1S/C14H30N2O/c1-4-5-6-7-8-16-9-10-17-12-14(16)11-15-13(2)3/h13-15H,4-12H2,1-3H3. The van der Waals surface area contributed by atoms with Crippen molar-refractivity contribution >= 4 is 0 Å². The van der Waals surface area contributed by atoms with E-state index in [0.717, 1.165) is 26.3 Å². The monoisotopic (exact) mass is 242 g/mol. The van der Waals surface area contributed by atoms with Gasteiger partial charge in [-0.3, -0.25) is 4.90 Å². The highest BCUT2D eigenvalue weighted by atomic mass is 16.5. The maximum Gasteiger partial charge on any atom is 0.0634 e. The number of nitrogens with one attached hydrogen (secondary N) is 1. The normalized spacial score (nSPS) is 22.2. The first-order valence-electron chi connectivity index (χ1n) is 7.29. The van der Waals surface area contributed by atoms with Gasteiger partial charge in [-0.05, 0) is 13.0 Å². The van der Waals surface area contributed by atoms with Crippen LogP contribution in [0.1, 0.15) is 46.5 Å². The predicted octanol–water partition coefficient (Wildman–Crippen LogP) is 2.27. The zero-order valence-electron chi connectivity index (χ0n) is 11.9. The predicted molar refractivity (Wildman–Crippen MR) is 73.5 cm³/mol. The second-order valence-electron chi connectivity index (χ2n) is 5.39. The minimum absolute atomic E-state index is 0.568. The number of unbranched alkanes of at least 4 members (excludes halogenated alkanes) is 3. The van der Waals surface area contributed by atoms with E-state index in [9.17, 15) is 0 Å². The molecule has 1 N–H and O–H groups in total. The van der Waals surface area contributed by atoms with Crippen molar-refractivity contribution in [1.82, 2.24) is 10.2 Å². The Balaban J connectivity index is 2.22. The second-order valence-corrected chi connectivity index (χ2v) is 5.39. The number of nitrogens with zero attached hydrogens (tertiary/aromatic N) is 1. The van der Waals surface area contributed by atoms with Gasteiger partial charge in [0.1, 0.15) is 0 Å². The molecule has 0 aromatic rings. The van der Waals surface area contributed by atoms with Gasteiger partial charge < -0.3 is 10.1 Å². The first-order valence-corrected chi connectivity index (χ1v) is 7.29. The highest BCUT2D eigenvalue weighted by Crippen LogP contribution is 2.09. The summed E-state index contributed by atoms with van der Waals surface area (Å²) >= 11 is 0. The topological polar surface area (TPSA) is 24.5 Å². The summed E-state index contributed by atoms with van der Waals surface area (Å²) in [4.78, 5) is 2.61. The van der Waals surface area contributed by atoms with Crippen molar-refractivity contribution in [3.63, 3.8) is 0 Å². The maximum atomic E-state index is 5.59. The Hall–Kier alpha value is -0.120.